The van der Waals surface area contributed by atoms with Crippen LogP contribution >= 0.6 is 0 Å². The molecule has 0 bridgehead atoms. The van der Waals surface area contributed by atoms with Crippen molar-refractivity contribution in [1.82, 2.24) is 0 Å². The Morgan fingerprint density at radius 3 is 2.12 bits per heavy atom. The predicted molar refractivity (Wildman–Crippen MR) is 46.4 cm³/mol. The number of hydrogen-bond acceptors (Lipinski definition) is 4. The number of hydrogen-bond donors (Lipinski definition) is 0. The Morgan fingerprint density at radius 1 is 1.24 bits per heavy atom. The fourth-order valence-corrected chi connectivity index (χ4v) is 1.87. The second kappa shape index (κ2) is 3.95. The Labute approximate surface area is 92.0 Å². The average Bonchev–Trinajstić information content (AvgIpc) is 2.13. The summed E-state index contributed by atoms with van der Waals surface area (Å²) in [5.74, 6) is 0. The van der Waals surface area contributed by atoms with Gasteiger partial charge in [0.1, 0.15) is 4.90 Å². The van der Waals surface area contributed by atoms with Crippen LogP contribution in [0.4, 0.5) is 22.7 Å². The summed E-state index contributed by atoms with van der Waals surface area (Å²) in [7, 11) is -5.70. The first-order valence-corrected chi connectivity index (χ1v) is 5.23. The van der Waals surface area contributed by atoms with E-state index in [0.29, 0.717) is 18.2 Å². The lowest BCUT2D eigenvalue weighted by Gasteiger charge is -2.09. The maximum absolute atomic E-state index is 12.6. The summed E-state index contributed by atoms with van der Waals surface area (Å²) >= 11 is 0. The smallest absolute Gasteiger partial charge is 0.258 e. The molecule has 0 aliphatic heterocycles. The van der Waals surface area contributed by atoms with E-state index in [4.69, 9.17) is 0 Å². The van der Waals surface area contributed by atoms with Crippen LogP contribution in [-0.4, -0.2) is 13.3 Å². The molecule has 1 aromatic carbocycles. The van der Waals surface area contributed by atoms with Gasteiger partial charge in [0.2, 0.25) is 0 Å². The van der Waals surface area contributed by atoms with Gasteiger partial charge >= 0.3 is 16.4 Å². The van der Waals surface area contributed by atoms with E-state index in [1.165, 1.54) is 0 Å². The lowest BCUT2D eigenvalue weighted by Crippen LogP contribution is -2.14. The Hall–Kier alpha value is -1.71. The second-order valence-electron chi connectivity index (χ2n) is 2.84. The van der Waals surface area contributed by atoms with Crippen molar-refractivity contribution in [2.75, 3.05) is 0 Å². The van der Waals surface area contributed by atoms with Gasteiger partial charge in [0.15, 0.2) is 5.56 Å². The highest BCUT2D eigenvalue weighted by atomic mass is 32.3. The summed E-state index contributed by atoms with van der Waals surface area (Å²) in [5.41, 5.74) is -3.64. The molecule has 0 N–H and O–H groups in total. The van der Waals surface area contributed by atoms with Crippen LogP contribution in [0.1, 0.15) is 5.56 Å². The van der Waals surface area contributed by atoms with Gasteiger partial charge in [0.25, 0.3) is 5.69 Å². The summed E-state index contributed by atoms with van der Waals surface area (Å²) in [4.78, 5) is 7.14. The Kier molecular flexibility index (Phi) is 3.10. The van der Waals surface area contributed by atoms with Crippen LogP contribution < -0.4 is 0 Å². The standard InChI is InChI=1S/C7H3F4NO4S/c8-7(9,10)6-4(12(13)14)2-1-3-5(6)17(11,15)16/h1-3H. The molecule has 17 heavy (non-hydrogen) atoms. The SMILES string of the molecule is O=[N+]([O-])c1cccc(S(=O)(=O)F)c1C(F)(F)F. The van der Waals surface area contributed by atoms with Crippen molar-refractivity contribution in [3.05, 3.63) is 33.9 Å². The first-order valence-electron chi connectivity index (χ1n) is 3.84. The molecule has 1 aromatic rings. The van der Waals surface area contributed by atoms with Crippen molar-refractivity contribution >= 4 is 15.9 Å². The third-order valence-corrected chi connectivity index (χ3v) is 2.61. The molecule has 0 aliphatic rings. The molecule has 0 fully saturated rings. The molecule has 5 nitrogen and oxygen atoms in total. The number of benzene rings is 1. The minimum Gasteiger partial charge on any atom is -0.258 e. The van der Waals surface area contributed by atoms with Gasteiger partial charge in [0, 0.05) is 6.07 Å². The lowest BCUT2D eigenvalue weighted by atomic mass is 10.2. The highest BCUT2D eigenvalue weighted by molar-refractivity contribution is 7.86. The van der Waals surface area contributed by atoms with Crippen LogP contribution in [0.15, 0.2) is 23.1 Å². The van der Waals surface area contributed by atoms with E-state index in [-0.39, 0.29) is 0 Å². The van der Waals surface area contributed by atoms with E-state index < -0.39 is 37.5 Å². The summed E-state index contributed by atoms with van der Waals surface area (Å²) < 4.78 is 71.0. The molecule has 0 atom stereocenters. The highest BCUT2D eigenvalue weighted by Crippen LogP contribution is 2.40. The molecule has 0 saturated heterocycles. The molecule has 0 aromatic heterocycles. The number of halogens is 4. The zero-order valence-corrected chi connectivity index (χ0v) is 8.55. The third-order valence-electron chi connectivity index (χ3n) is 1.75. The zero-order valence-electron chi connectivity index (χ0n) is 7.73. The molecule has 0 heterocycles. The van der Waals surface area contributed by atoms with Gasteiger partial charge in [-0.05, 0) is 6.07 Å². The van der Waals surface area contributed by atoms with Gasteiger partial charge < -0.3 is 0 Å². The molecule has 10 heteroatoms. The molecule has 0 unspecified atom stereocenters. The third kappa shape index (κ3) is 2.70. The van der Waals surface area contributed by atoms with Gasteiger partial charge in [-0.3, -0.25) is 10.1 Å². The van der Waals surface area contributed by atoms with Crippen LogP contribution in [0.5, 0.6) is 0 Å². The molecule has 0 aliphatic carbocycles. The van der Waals surface area contributed by atoms with Gasteiger partial charge in [0.05, 0.1) is 4.92 Å². The second-order valence-corrected chi connectivity index (χ2v) is 4.16. The number of nitro benzene ring substituents is 1. The number of nitro groups is 1. The van der Waals surface area contributed by atoms with Gasteiger partial charge in [-0.2, -0.15) is 21.6 Å². The molecular weight excluding hydrogens is 270 g/mol. The van der Waals surface area contributed by atoms with Crippen LogP contribution in [0.3, 0.4) is 0 Å². The molecule has 94 valence electrons. The van der Waals surface area contributed by atoms with Gasteiger partial charge in [-0.25, -0.2) is 0 Å². The maximum Gasteiger partial charge on any atom is 0.424 e. The molecule has 0 radical (unpaired) electrons. The topological polar surface area (TPSA) is 77.3 Å². The minimum atomic E-state index is -5.70. The van der Waals surface area contributed by atoms with E-state index in [9.17, 15) is 35.6 Å². The minimum absolute atomic E-state index is 0.311. The first-order chi connectivity index (χ1) is 7.55. The molecular formula is C7H3F4NO4S. The fourth-order valence-electron chi connectivity index (χ4n) is 1.16. The lowest BCUT2D eigenvalue weighted by molar-refractivity contribution is -0.388. The quantitative estimate of drug-likeness (QED) is 0.358. The Bertz CT molecular complexity index is 566. The summed E-state index contributed by atoms with van der Waals surface area (Å²) in [5, 5.41) is 10.3. The van der Waals surface area contributed by atoms with E-state index >= 15 is 0 Å². The van der Waals surface area contributed by atoms with Crippen molar-refractivity contribution in [2.45, 2.75) is 11.1 Å². The van der Waals surface area contributed by atoms with E-state index in [0.717, 1.165) is 0 Å². The number of nitrogens with zero attached hydrogens (tertiary/aromatic N) is 1. The molecule has 0 spiro atoms. The largest absolute Gasteiger partial charge is 0.424 e. The predicted octanol–water partition coefficient (Wildman–Crippen LogP) is 2.27. The van der Waals surface area contributed by atoms with Gasteiger partial charge in [-0.15, -0.1) is 3.89 Å². The van der Waals surface area contributed by atoms with E-state index in [2.05, 4.69) is 0 Å². The van der Waals surface area contributed by atoms with E-state index in [1.54, 1.807) is 0 Å². The van der Waals surface area contributed by atoms with E-state index in [1.807, 2.05) is 0 Å². The molecule has 0 saturated carbocycles. The first kappa shape index (κ1) is 13.4. The van der Waals surface area contributed by atoms with Gasteiger partial charge in [-0.1, -0.05) is 6.07 Å². The average molecular weight is 273 g/mol. The van der Waals surface area contributed by atoms with Crippen LogP contribution in [-0.2, 0) is 16.4 Å². The van der Waals surface area contributed by atoms with Crippen molar-refractivity contribution in [3.63, 3.8) is 0 Å². The van der Waals surface area contributed by atoms with Crippen LogP contribution in [0, 0.1) is 10.1 Å². The fraction of sp³-hybridized carbons (Fsp3) is 0.143. The maximum atomic E-state index is 12.6. The summed E-state index contributed by atoms with van der Waals surface area (Å²) in [6, 6.07) is 1.41. The van der Waals surface area contributed by atoms with Crippen molar-refractivity contribution in [3.8, 4) is 0 Å². The summed E-state index contributed by atoms with van der Waals surface area (Å²) in [6.07, 6.45) is -5.35. The molecule has 0 amide bonds. The van der Waals surface area contributed by atoms with Crippen molar-refractivity contribution < 1.29 is 30.4 Å². The van der Waals surface area contributed by atoms with Crippen LogP contribution in [0.2, 0.25) is 0 Å². The monoisotopic (exact) mass is 273 g/mol. The normalized spacial score (nSPS) is 12.5. The van der Waals surface area contributed by atoms with Crippen molar-refractivity contribution in [2.24, 2.45) is 0 Å². The van der Waals surface area contributed by atoms with Crippen molar-refractivity contribution in [1.29, 1.82) is 0 Å². The zero-order chi connectivity index (χ0) is 13.4. The molecule has 1 rings (SSSR count). The van der Waals surface area contributed by atoms with Crippen LogP contribution in [0.25, 0.3) is 0 Å². The number of alkyl halides is 3. The summed E-state index contributed by atoms with van der Waals surface area (Å²) in [6.45, 7) is 0. The Balaban J connectivity index is 3.76. The number of rotatable bonds is 2. The highest BCUT2D eigenvalue weighted by Gasteiger charge is 2.44. The Morgan fingerprint density at radius 2 is 1.76 bits per heavy atom.